The summed E-state index contributed by atoms with van der Waals surface area (Å²) in [5, 5.41) is 0. The number of nitrogens with zero attached hydrogens (tertiary/aromatic N) is 1. The molecule has 0 unspecified atom stereocenters. The van der Waals surface area contributed by atoms with Gasteiger partial charge in [-0.1, -0.05) is 0 Å². The first-order valence-corrected chi connectivity index (χ1v) is 6.40. The number of pyridine rings is 1. The second kappa shape index (κ2) is 5.51. The Morgan fingerprint density at radius 3 is 2.47 bits per heavy atom. The molecule has 2 rings (SSSR count). The number of rotatable bonds is 3. The van der Waals surface area contributed by atoms with E-state index >= 15 is 0 Å². The van der Waals surface area contributed by atoms with Crippen LogP contribution in [-0.2, 0) is 0 Å². The maximum Gasteiger partial charge on any atom is 0.144 e. The van der Waals surface area contributed by atoms with Gasteiger partial charge in [-0.05, 0) is 50.1 Å². The molecule has 0 fully saturated rings. The molecule has 88 valence electrons. The third kappa shape index (κ3) is 2.98. The van der Waals surface area contributed by atoms with Crippen LogP contribution in [0.15, 0.2) is 45.6 Å². The van der Waals surface area contributed by atoms with Crippen molar-refractivity contribution in [2.24, 2.45) is 0 Å². The summed E-state index contributed by atoms with van der Waals surface area (Å²) in [5.74, 6) is 2.21. The van der Waals surface area contributed by atoms with Crippen molar-refractivity contribution in [2.75, 3.05) is 7.11 Å². The first kappa shape index (κ1) is 12.4. The van der Waals surface area contributed by atoms with Gasteiger partial charge in [-0.15, -0.1) is 0 Å². The number of hydrogen-bond donors (Lipinski definition) is 0. The topological polar surface area (TPSA) is 31.4 Å². The van der Waals surface area contributed by atoms with Crippen molar-refractivity contribution in [3.05, 3.63) is 45.6 Å². The highest BCUT2D eigenvalue weighted by Gasteiger charge is 2.06. The molecule has 0 spiro atoms. The average molecular weight is 359 g/mol. The summed E-state index contributed by atoms with van der Waals surface area (Å²) in [6.45, 7) is 0. The average Bonchev–Trinajstić information content (AvgIpc) is 2.34. The van der Waals surface area contributed by atoms with E-state index in [-0.39, 0.29) is 0 Å². The summed E-state index contributed by atoms with van der Waals surface area (Å²) >= 11 is 6.81. The minimum absolute atomic E-state index is 0.714. The predicted molar refractivity (Wildman–Crippen MR) is 72.7 cm³/mol. The van der Waals surface area contributed by atoms with Gasteiger partial charge < -0.3 is 9.47 Å². The van der Waals surface area contributed by atoms with Crippen molar-refractivity contribution >= 4 is 31.9 Å². The van der Waals surface area contributed by atoms with Gasteiger partial charge in [0.05, 0.1) is 16.1 Å². The molecule has 0 saturated heterocycles. The molecule has 17 heavy (non-hydrogen) atoms. The summed E-state index contributed by atoms with van der Waals surface area (Å²) in [7, 11) is 1.63. The largest absolute Gasteiger partial charge is 0.497 e. The normalized spacial score (nSPS) is 10.1. The second-order valence-electron chi connectivity index (χ2n) is 3.20. The monoisotopic (exact) mass is 357 g/mol. The van der Waals surface area contributed by atoms with Gasteiger partial charge in [0.15, 0.2) is 0 Å². The maximum absolute atomic E-state index is 5.75. The highest BCUT2D eigenvalue weighted by Crippen LogP contribution is 2.35. The number of benzene rings is 1. The summed E-state index contributed by atoms with van der Waals surface area (Å²) in [6.07, 6.45) is 3.37. The SMILES string of the molecule is COc1ccc(Oc2ccncc2Br)c(Br)c1. The maximum atomic E-state index is 5.75. The van der Waals surface area contributed by atoms with Crippen LogP contribution in [-0.4, -0.2) is 12.1 Å². The van der Waals surface area contributed by atoms with E-state index in [0.717, 1.165) is 20.4 Å². The van der Waals surface area contributed by atoms with Crippen molar-refractivity contribution in [1.29, 1.82) is 0 Å². The van der Waals surface area contributed by atoms with Crippen LogP contribution in [0.4, 0.5) is 0 Å². The third-order valence-corrected chi connectivity index (χ3v) is 3.31. The lowest BCUT2D eigenvalue weighted by molar-refractivity contribution is 0.412. The van der Waals surface area contributed by atoms with Gasteiger partial charge in [-0.3, -0.25) is 4.98 Å². The minimum Gasteiger partial charge on any atom is -0.497 e. The Morgan fingerprint density at radius 2 is 1.82 bits per heavy atom. The molecule has 0 aliphatic carbocycles. The lowest BCUT2D eigenvalue weighted by Gasteiger charge is -2.09. The van der Waals surface area contributed by atoms with Crippen LogP contribution >= 0.6 is 31.9 Å². The van der Waals surface area contributed by atoms with Gasteiger partial charge in [0.1, 0.15) is 17.2 Å². The van der Waals surface area contributed by atoms with Crippen molar-refractivity contribution in [2.45, 2.75) is 0 Å². The van der Waals surface area contributed by atoms with E-state index < -0.39 is 0 Å². The van der Waals surface area contributed by atoms with Crippen molar-refractivity contribution in [3.63, 3.8) is 0 Å². The Labute approximate surface area is 116 Å². The molecule has 0 aliphatic rings. The molecule has 0 radical (unpaired) electrons. The standard InChI is InChI=1S/C12H9Br2NO2/c1-16-8-2-3-11(9(13)6-8)17-12-4-5-15-7-10(12)14/h2-7H,1H3. The van der Waals surface area contributed by atoms with E-state index in [9.17, 15) is 0 Å². The fraction of sp³-hybridized carbons (Fsp3) is 0.0833. The van der Waals surface area contributed by atoms with Crippen LogP contribution in [0, 0.1) is 0 Å². The molecular formula is C12H9Br2NO2. The second-order valence-corrected chi connectivity index (χ2v) is 4.91. The smallest absolute Gasteiger partial charge is 0.144 e. The third-order valence-electron chi connectivity index (χ3n) is 2.09. The first-order valence-electron chi connectivity index (χ1n) is 4.81. The van der Waals surface area contributed by atoms with Crippen molar-refractivity contribution < 1.29 is 9.47 Å². The summed E-state index contributed by atoms with van der Waals surface area (Å²) < 4.78 is 12.5. The zero-order valence-electron chi connectivity index (χ0n) is 8.98. The van der Waals surface area contributed by atoms with Gasteiger partial charge in [0, 0.05) is 18.5 Å². The van der Waals surface area contributed by atoms with E-state index in [1.54, 1.807) is 25.6 Å². The number of halogens is 2. The van der Waals surface area contributed by atoms with Gasteiger partial charge in [-0.25, -0.2) is 0 Å². The molecule has 1 heterocycles. The molecule has 2 aromatic rings. The summed E-state index contributed by atoms with van der Waals surface area (Å²) in [6, 6.07) is 7.33. The highest BCUT2D eigenvalue weighted by atomic mass is 79.9. The fourth-order valence-electron chi connectivity index (χ4n) is 1.25. The first-order chi connectivity index (χ1) is 8.20. The molecule has 5 heteroatoms. The van der Waals surface area contributed by atoms with E-state index in [2.05, 4.69) is 36.8 Å². The molecule has 1 aromatic heterocycles. The molecular weight excluding hydrogens is 350 g/mol. The van der Waals surface area contributed by atoms with Gasteiger partial charge in [-0.2, -0.15) is 0 Å². The lowest BCUT2D eigenvalue weighted by Crippen LogP contribution is -1.89. The molecule has 0 amide bonds. The van der Waals surface area contributed by atoms with E-state index in [0.29, 0.717) is 5.75 Å². The molecule has 0 N–H and O–H groups in total. The zero-order valence-corrected chi connectivity index (χ0v) is 12.2. The van der Waals surface area contributed by atoms with Crippen LogP contribution in [0.3, 0.4) is 0 Å². The molecule has 1 aromatic carbocycles. The fourth-order valence-corrected chi connectivity index (χ4v) is 2.03. The molecule has 0 bridgehead atoms. The predicted octanol–water partition coefficient (Wildman–Crippen LogP) is 4.41. The van der Waals surface area contributed by atoms with Crippen LogP contribution in [0.1, 0.15) is 0 Å². The Hall–Kier alpha value is -1.07. The van der Waals surface area contributed by atoms with E-state index in [1.165, 1.54) is 0 Å². The van der Waals surface area contributed by atoms with Crippen LogP contribution in [0.2, 0.25) is 0 Å². The lowest BCUT2D eigenvalue weighted by atomic mass is 10.3. The van der Waals surface area contributed by atoms with Crippen LogP contribution < -0.4 is 9.47 Å². The summed E-state index contributed by atoms with van der Waals surface area (Å²) in [4.78, 5) is 3.98. The quantitative estimate of drug-likeness (QED) is 0.814. The number of methoxy groups -OCH3 is 1. The summed E-state index contributed by atoms with van der Waals surface area (Å²) in [5.41, 5.74) is 0. The Kier molecular flexibility index (Phi) is 4.02. The van der Waals surface area contributed by atoms with E-state index in [1.807, 2.05) is 18.2 Å². The molecule has 0 saturated carbocycles. The van der Waals surface area contributed by atoms with Gasteiger partial charge in [0.25, 0.3) is 0 Å². The van der Waals surface area contributed by atoms with Gasteiger partial charge in [0.2, 0.25) is 0 Å². The van der Waals surface area contributed by atoms with Crippen molar-refractivity contribution in [3.8, 4) is 17.2 Å². The minimum atomic E-state index is 0.714. The Morgan fingerprint density at radius 1 is 1.06 bits per heavy atom. The number of ether oxygens (including phenoxy) is 2. The molecule has 3 nitrogen and oxygen atoms in total. The molecule has 0 aliphatic heterocycles. The van der Waals surface area contributed by atoms with Crippen LogP contribution in [0.25, 0.3) is 0 Å². The van der Waals surface area contributed by atoms with E-state index in [4.69, 9.17) is 9.47 Å². The molecule has 0 atom stereocenters. The van der Waals surface area contributed by atoms with Gasteiger partial charge >= 0.3 is 0 Å². The Bertz CT molecular complexity index is 532. The number of hydrogen-bond acceptors (Lipinski definition) is 3. The highest BCUT2D eigenvalue weighted by molar-refractivity contribution is 9.11. The van der Waals surface area contributed by atoms with Crippen LogP contribution in [0.5, 0.6) is 17.2 Å². The van der Waals surface area contributed by atoms with Crippen molar-refractivity contribution in [1.82, 2.24) is 4.98 Å². The zero-order chi connectivity index (χ0) is 12.3. The number of aromatic nitrogens is 1. The Balaban J connectivity index is 2.28.